The second-order valence-corrected chi connectivity index (χ2v) is 10.2. The van der Waals surface area contributed by atoms with Gasteiger partial charge in [-0.1, -0.05) is 48.5 Å². The summed E-state index contributed by atoms with van der Waals surface area (Å²) in [4.78, 5) is 13.4. The Hall–Kier alpha value is -3.88. The van der Waals surface area contributed by atoms with Gasteiger partial charge in [-0.25, -0.2) is 0 Å². The molecule has 2 unspecified atom stereocenters. The highest BCUT2D eigenvalue weighted by Crippen LogP contribution is 2.58. The number of allylic oxidation sites excluding steroid dienone is 1. The smallest absolute Gasteiger partial charge is 0.252 e. The number of nitrogens with two attached hydrogens (primary N) is 1. The second-order valence-electron chi connectivity index (χ2n) is 10.2. The first-order valence-corrected chi connectivity index (χ1v) is 12.0. The van der Waals surface area contributed by atoms with Gasteiger partial charge in [0.25, 0.3) is 5.91 Å². The number of nitrogens with one attached hydrogen (secondary N) is 1. The summed E-state index contributed by atoms with van der Waals surface area (Å²) in [7, 11) is 0. The van der Waals surface area contributed by atoms with Gasteiger partial charge < -0.3 is 15.6 Å². The van der Waals surface area contributed by atoms with E-state index in [0.29, 0.717) is 13.0 Å². The maximum atomic E-state index is 13.4. The van der Waals surface area contributed by atoms with Crippen molar-refractivity contribution in [3.05, 3.63) is 76.9 Å². The van der Waals surface area contributed by atoms with E-state index >= 15 is 0 Å². The van der Waals surface area contributed by atoms with E-state index in [1.165, 1.54) is 21.9 Å². The monoisotopic (exact) mass is 442 g/mol. The maximum Gasteiger partial charge on any atom is 0.252 e. The van der Waals surface area contributed by atoms with Crippen molar-refractivity contribution in [2.75, 3.05) is 0 Å². The summed E-state index contributed by atoms with van der Waals surface area (Å²) in [6, 6.07) is 19.6. The van der Waals surface area contributed by atoms with Gasteiger partial charge in [-0.05, 0) is 41.2 Å². The molecular weight excluding hydrogens is 420 g/mol. The normalized spacial score (nSPS) is 25.9. The molecule has 1 aromatic heterocycles. The number of benzene rings is 3. The lowest BCUT2D eigenvalue weighted by Gasteiger charge is -2.29. The van der Waals surface area contributed by atoms with E-state index in [9.17, 15) is 10.1 Å². The minimum absolute atomic E-state index is 0.00950. The van der Waals surface area contributed by atoms with Crippen LogP contribution in [0.25, 0.3) is 38.5 Å². The lowest BCUT2D eigenvalue weighted by Crippen LogP contribution is -2.43. The van der Waals surface area contributed by atoms with Crippen molar-refractivity contribution in [3.63, 3.8) is 0 Å². The number of hydrogen-bond donors (Lipinski definition) is 2. The second kappa shape index (κ2) is 5.97. The molecule has 0 spiro atoms. The van der Waals surface area contributed by atoms with Crippen LogP contribution in [0.3, 0.4) is 0 Å². The Kier molecular flexibility index (Phi) is 3.25. The zero-order valence-corrected chi connectivity index (χ0v) is 18.6. The van der Waals surface area contributed by atoms with Crippen molar-refractivity contribution in [2.45, 2.75) is 37.4 Å². The topological polar surface area (TPSA) is 83.8 Å². The van der Waals surface area contributed by atoms with Crippen LogP contribution in [0.15, 0.2) is 54.6 Å². The fraction of sp³-hybridized carbons (Fsp3) is 0.241. The quantitative estimate of drug-likeness (QED) is 0.409. The molecule has 5 heteroatoms. The van der Waals surface area contributed by atoms with Crippen LogP contribution in [0, 0.1) is 17.2 Å². The average Bonchev–Trinajstić information content (AvgIpc) is 3.44. The third-order valence-electron chi connectivity index (χ3n) is 8.67. The molecule has 3 atom stereocenters. The highest BCUT2D eigenvalue weighted by molar-refractivity contribution is 6.22. The van der Waals surface area contributed by atoms with Crippen LogP contribution >= 0.6 is 0 Å². The molecular formula is C29H22N4O. The van der Waals surface area contributed by atoms with Crippen LogP contribution in [0.5, 0.6) is 0 Å². The van der Waals surface area contributed by atoms with E-state index in [-0.39, 0.29) is 17.9 Å². The van der Waals surface area contributed by atoms with E-state index in [1.54, 1.807) is 0 Å². The summed E-state index contributed by atoms with van der Waals surface area (Å²) in [5, 5.41) is 15.7. The molecule has 5 nitrogen and oxygen atoms in total. The van der Waals surface area contributed by atoms with Crippen LogP contribution in [-0.4, -0.2) is 16.0 Å². The minimum atomic E-state index is -0.930. The molecule has 2 bridgehead atoms. The molecule has 4 aliphatic rings. The molecule has 0 saturated heterocycles. The van der Waals surface area contributed by atoms with Crippen LogP contribution in [0.4, 0.5) is 0 Å². The third-order valence-corrected chi connectivity index (χ3v) is 8.67. The Morgan fingerprint density at radius 3 is 2.79 bits per heavy atom. The van der Waals surface area contributed by atoms with Crippen molar-refractivity contribution in [3.8, 4) is 17.2 Å². The average molecular weight is 443 g/mol. The molecule has 3 N–H and O–H groups in total. The van der Waals surface area contributed by atoms with Gasteiger partial charge in [-0.3, -0.25) is 4.79 Å². The molecule has 8 rings (SSSR count). The predicted molar refractivity (Wildman–Crippen MR) is 132 cm³/mol. The Labute approximate surface area is 196 Å². The van der Waals surface area contributed by atoms with Crippen LogP contribution < -0.4 is 11.1 Å². The maximum absolute atomic E-state index is 13.4. The van der Waals surface area contributed by atoms with Gasteiger partial charge in [0.1, 0.15) is 5.54 Å². The molecule has 2 aliphatic heterocycles. The molecule has 1 amide bonds. The third kappa shape index (κ3) is 1.98. The van der Waals surface area contributed by atoms with Gasteiger partial charge in [-0.2, -0.15) is 5.26 Å². The van der Waals surface area contributed by atoms with E-state index in [2.05, 4.69) is 70.6 Å². The highest BCUT2D eigenvalue weighted by atomic mass is 16.1. The van der Waals surface area contributed by atoms with Crippen molar-refractivity contribution in [1.29, 1.82) is 5.26 Å². The Bertz CT molecular complexity index is 1700. The summed E-state index contributed by atoms with van der Waals surface area (Å²) in [6.45, 7) is 0.542. The fourth-order valence-corrected chi connectivity index (χ4v) is 7.35. The zero-order valence-electron chi connectivity index (χ0n) is 18.6. The summed E-state index contributed by atoms with van der Waals surface area (Å²) >= 11 is 0. The van der Waals surface area contributed by atoms with Crippen LogP contribution in [-0.2, 0) is 13.0 Å². The van der Waals surface area contributed by atoms with Gasteiger partial charge in [0.15, 0.2) is 0 Å². The van der Waals surface area contributed by atoms with Crippen molar-refractivity contribution >= 4 is 33.3 Å². The molecule has 164 valence electrons. The number of rotatable bonds is 0. The first-order chi connectivity index (χ1) is 16.6. The number of nitriles is 1. The molecule has 3 aromatic carbocycles. The highest BCUT2D eigenvalue weighted by Gasteiger charge is 2.52. The number of nitrogens with zero attached hydrogens (tertiary/aromatic N) is 2. The standard InChI is InChI=1S/C29H22N4O/c30-14-29(31)12-16-11-21(29)18-10-9-15-5-1-2-6-17(15)24-25(18)27-23(20-13-32-28(34)26(20)24)19-7-3-4-8-22(19)33(16)27/h1-8,10,16,21H,9,11-13,31H2,(H,32,34)/t16?,21?,29-/m1/s1. The zero-order chi connectivity index (χ0) is 22.8. The van der Waals surface area contributed by atoms with E-state index in [1.807, 2.05) is 0 Å². The summed E-state index contributed by atoms with van der Waals surface area (Å²) in [6.07, 6.45) is 4.53. The Balaban J connectivity index is 1.68. The van der Waals surface area contributed by atoms with E-state index < -0.39 is 5.54 Å². The van der Waals surface area contributed by atoms with Crippen molar-refractivity contribution in [2.24, 2.45) is 11.7 Å². The number of hydrogen-bond acceptors (Lipinski definition) is 3. The fourth-order valence-electron chi connectivity index (χ4n) is 7.35. The van der Waals surface area contributed by atoms with Gasteiger partial charge in [0.05, 0.1) is 17.1 Å². The van der Waals surface area contributed by atoms with Gasteiger partial charge >= 0.3 is 0 Å². The Morgan fingerprint density at radius 2 is 1.91 bits per heavy atom. The van der Waals surface area contributed by atoms with E-state index in [0.717, 1.165) is 51.7 Å². The van der Waals surface area contributed by atoms with E-state index in [4.69, 9.17) is 5.73 Å². The molecule has 1 fully saturated rings. The SMILES string of the molecule is N#C[C@]1(N)CC2CC1C1=CCc3ccccc3-c3c4c(c5c6ccccc6n2c5c31)CNC4=O. The van der Waals surface area contributed by atoms with Crippen molar-refractivity contribution in [1.82, 2.24) is 9.88 Å². The molecule has 0 radical (unpaired) electrons. The van der Waals surface area contributed by atoms with Gasteiger partial charge in [0.2, 0.25) is 0 Å². The number of fused-ring (bicyclic) bond motifs is 12. The van der Waals surface area contributed by atoms with Gasteiger partial charge in [-0.15, -0.1) is 0 Å². The number of carbonyl (C=O) groups excluding carboxylic acids is 1. The summed E-state index contributed by atoms with van der Waals surface area (Å²) in [5.74, 6) is -0.0790. The molecule has 2 aliphatic carbocycles. The lowest BCUT2D eigenvalue weighted by molar-refractivity contribution is 0.0966. The van der Waals surface area contributed by atoms with Gasteiger partial charge in [0, 0.05) is 52.3 Å². The minimum Gasteiger partial charge on any atom is -0.348 e. The number of amides is 1. The number of carbonyl (C=O) groups is 1. The largest absolute Gasteiger partial charge is 0.348 e. The van der Waals surface area contributed by atoms with Crippen LogP contribution in [0.1, 0.15) is 45.9 Å². The summed E-state index contributed by atoms with van der Waals surface area (Å²) in [5.41, 5.74) is 15.8. The number of aromatic nitrogens is 1. The molecule has 3 heterocycles. The summed E-state index contributed by atoms with van der Waals surface area (Å²) < 4.78 is 2.46. The lowest BCUT2D eigenvalue weighted by atomic mass is 9.77. The molecule has 1 saturated carbocycles. The molecule has 4 aromatic rings. The predicted octanol–water partition coefficient (Wildman–Crippen LogP) is 4.83. The van der Waals surface area contributed by atoms with Crippen molar-refractivity contribution < 1.29 is 4.79 Å². The Morgan fingerprint density at radius 1 is 1.09 bits per heavy atom. The number of para-hydroxylation sites is 1. The first kappa shape index (κ1) is 18.5. The first-order valence-electron chi connectivity index (χ1n) is 12.0. The molecule has 34 heavy (non-hydrogen) atoms. The van der Waals surface area contributed by atoms with Crippen LogP contribution in [0.2, 0.25) is 0 Å².